The van der Waals surface area contributed by atoms with Gasteiger partial charge >= 0.3 is 0 Å². The molecule has 0 radical (unpaired) electrons. The summed E-state index contributed by atoms with van der Waals surface area (Å²) in [5.74, 6) is -1.32. The molecule has 1 fully saturated rings. The van der Waals surface area contributed by atoms with E-state index < -0.39 is 17.2 Å². The predicted molar refractivity (Wildman–Crippen MR) is 62.3 cm³/mol. The number of carbonyl (C=O) groups excluding carboxylic acids is 1. The van der Waals surface area contributed by atoms with Crippen LogP contribution in [0.15, 0.2) is 21.6 Å². The lowest BCUT2D eigenvalue weighted by Crippen LogP contribution is -2.21. The van der Waals surface area contributed by atoms with Gasteiger partial charge in [0.2, 0.25) is 6.08 Å². The second-order valence-electron chi connectivity index (χ2n) is 4.19. The first kappa shape index (κ1) is 12.4. The van der Waals surface area contributed by atoms with Crippen LogP contribution in [-0.2, 0) is 10.3 Å². The lowest BCUT2D eigenvalue weighted by molar-refractivity contribution is 0.427. The van der Waals surface area contributed by atoms with Crippen molar-refractivity contribution in [2.45, 2.75) is 31.2 Å². The minimum Gasteiger partial charge on any atom is -0.211 e. The van der Waals surface area contributed by atoms with E-state index in [0.717, 1.165) is 18.9 Å². The Balaban J connectivity index is 2.57. The largest absolute Gasteiger partial charge is 0.235 e. The summed E-state index contributed by atoms with van der Waals surface area (Å²) >= 11 is 3.02. The van der Waals surface area contributed by atoms with E-state index in [9.17, 15) is 13.6 Å². The average Bonchev–Trinajstić information content (AvgIpc) is 2.73. The van der Waals surface area contributed by atoms with Crippen LogP contribution < -0.4 is 0 Å². The van der Waals surface area contributed by atoms with Gasteiger partial charge in [-0.25, -0.2) is 13.6 Å². The van der Waals surface area contributed by atoms with E-state index in [2.05, 4.69) is 20.9 Å². The van der Waals surface area contributed by atoms with Crippen LogP contribution in [-0.4, -0.2) is 6.08 Å². The minimum absolute atomic E-state index is 0.182. The maximum absolute atomic E-state index is 13.8. The Labute approximate surface area is 106 Å². The Hall–Kier alpha value is -1.06. The maximum Gasteiger partial charge on any atom is 0.235 e. The van der Waals surface area contributed by atoms with Gasteiger partial charge in [-0.05, 0) is 34.8 Å². The van der Waals surface area contributed by atoms with Crippen LogP contribution >= 0.6 is 15.9 Å². The first-order valence-electron chi connectivity index (χ1n) is 5.33. The first-order chi connectivity index (χ1) is 8.09. The molecule has 1 saturated carbocycles. The van der Waals surface area contributed by atoms with E-state index in [4.69, 9.17) is 0 Å². The summed E-state index contributed by atoms with van der Waals surface area (Å²) < 4.78 is 27.1. The van der Waals surface area contributed by atoms with E-state index in [-0.39, 0.29) is 10.0 Å². The summed E-state index contributed by atoms with van der Waals surface area (Å²) in [5.41, 5.74) is -0.589. The molecule has 0 saturated heterocycles. The summed E-state index contributed by atoms with van der Waals surface area (Å²) in [5, 5.41) is 0. The van der Waals surface area contributed by atoms with Gasteiger partial charge in [-0.3, -0.25) is 0 Å². The van der Waals surface area contributed by atoms with Crippen LogP contribution in [0.3, 0.4) is 0 Å². The molecular formula is C12H10BrF2NO. The van der Waals surface area contributed by atoms with Gasteiger partial charge in [-0.1, -0.05) is 12.8 Å². The fourth-order valence-corrected chi connectivity index (χ4v) is 2.71. The molecular weight excluding hydrogens is 292 g/mol. The highest BCUT2D eigenvalue weighted by molar-refractivity contribution is 9.10. The average molecular weight is 302 g/mol. The van der Waals surface area contributed by atoms with Crippen molar-refractivity contribution >= 4 is 22.0 Å². The molecule has 0 amide bonds. The highest BCUT2D eigenvalue weighted by Crippen LogP contribution is 2.44. The summed E-state index contributed by atoms with van der Waals surface area (Å²) in [6.45, 7) is 0. The minimum atomic E-state index is -0.859. The van der Waals surface area contributed by atoms with Crippen molar-refractivity contribution in [1.29, 1.82) is 0 Å². The third-order valence-electron chi connectivity index (χ3n) is 3.20. The standard InChI is InChI=1S/C12H10BrF2NO/c13-9-5-8(10(14)6-11(9)15)12(16-7-17)3-1-2-4-12/h5-6H,1-4H2. The molecule has 2 rings (SSSR count). The monoisotopic (exact) mass is 301 g/mol. The number of aliphatic imine (C=N–C) groups is 1. The van der Waals surface area contributed by atoms with Gasteiger partial charge in [0.1, 0.15) is 17.2 Å². The van der Waals surface area contributed by atoms with Crippen molar-refractivity contribution in [3.63, 3.8) is 0 Å². The van der Waals surface area contributed by atoms with Crippen LogP contribution in [0, 0.1) is 11.6 Å². The van der Waals surface area contributed by atoms with Crippen molar-refractivity contribution in [2.24, 2.45) is 4.99 Å². The molecule has 0 unspecified atom stereocenters. The summed E-state index contributed by atoms with van der Waals surface area (Å²) in [6, 6.07) is 2.19. The molecule has 0 atom stereocenters. The fraction of sp³-hybridized carbons (Fsp3) is 0.417. The van der Waals surface area contributed by atoms with E-state index >= 15 is 0 Å². The molecule has 5 heteroatoms. The normalized spacial score (nSPS) is 17.8. The Morgan fingerprint density at radius 2 is 1.88 bits per heavy atom. The highest BCUT2D eigenvalue weighted by Gasteiger charge is 2.38. The molecule has 90 valence electrons. The molecule has 0 aromatic heterocycles. The van der Waals surface area contributed by atoms with Crippen molar-refractivity contribution in [1.82, 2.24) is 0 Å². The van der Waals surface area contributed by atoms with Crippen LogP contribution in [0.5, 0.6) is 0 Å². The zero-order chi connectivity index (χ0) is 12.5. The molecule has 0 spiro atoms. The Bertz CT molecular complexity index is 492. The Kier molecular flexibility index (Phi) is 3.40. The third-order valence-corrected chi connectivity index (χ3v) is 3.81. The quantitative estimate of drug-likeness (QED) is 0.464. The summed E-state index contributed by atoms with van der Waals surface area (Å²) in [6.07, 6.45) is 4.45. The van der Waals surface area contributed by atoms with Gasteiger partial charge < -0.3 is 0 Å². The van der Waals surface area contributed by atoms with Crippen LogP contribution in [0.25, 0.3) is 0 Å². The molecule has 1 aliphatic carbocycles. The van der Waals surface area contributed by atoms with E-state index in [1.54, 1.807) is 0 Å². The van der Waals surface area contributed by atoms with Gasteiger partial charge in [-0.15, -0.1) is 0 Å². The summed E-state index contributed by atoms with van der Waals surface area (Å²) in [4.78, 5) is 14.3. The van der Waals surface area contributed by atoms with Gasteiger partial charge in [-0.2, -0.15) is 4.99 Å². The molecule has 0 aliphatic heterocycles. The molecule has 0 bridgehead atoms. The molecule has 1 aromatic carbocycles. The number of benzene rings is 1. The van der Waals surface area contributed by atoms with Gasteiger partial charge in [0.05, 0.1) is 4.47 Å². The predicted octanol–water partition coefficient (Wildman–Crippen LogP) is 3.83. The lowest BCUT2D eigenvalue weighted by atomic mass is 9.88. The van der Waals surface area contributed by atoms with Gasteiger partial charge in [0, 0.05) is 11.6 Å². The number of nitrogens with zero attached hydrogens (tertiary/aromatic N) is 1. The molecule has 1 aliphatic rings. The number of isocyanates is 1. The number of hydrogen-bond donors (Lipinski definition) is 0. The molecule has 17 heavy (non-hydrogen) atoms. The van der Waals surface area contributed by atoms with Gasteiger partial charge in [0.15, 0.2) is 0 Å². The second kappa shape index (κ2) is 4.67. The maximum atomic E-state index is 13.8. The third kappa shape index (κ3) is 2.17. The van der Waals surface area contributed by atoms with Crippen molar-refractivity contribution < 1.29 is 13.6 Å². The van der Waals surface area contributed by atoms with Crippen LogP contribution in [0.4, 0.5) is 8.78 Å². The van der Waals surface area contributed by atoms with Crippen molar-refractivity contribution in [3.05, 3.63) is 33.8 Å². The van der Waals surface area contributed by atoms with Crippen LogP contribution in [0.2, 0.25) is 0 Å². The topological polar surface area (TPSA) is 29.4 Å². The lowest BCUT2D eigenvalue weighted by Gasteiger charge is -2.23. The number of hydrogen-bond acceptors (Lipinski definition) is 2. The van der Waals surface area contributed by atoms with Crippen molar-refractivity contribution in [2.75, 3.05) is 0 Å². The highest BCUT2D eigenvalue weighted by atomic mass is 79.9. The zero-order valence-corrected chi connectivity index (χ0v) is 10.6. The van der Waals surface area contributed by atoms with E-state index in [0.29, 0.717) is 12.8 Å². The number of rotatable bonds is 2. The fourth-order valence-electron chi connectivity index (χ4n) is 2.37. The zero-order valence-electron chi connectivity index (χ0n) is 8.97. The van der Waals surface area contributed by atoms with Gasteiger partial charge in [0.25, 0.3) is 0 Å². The smallest absolute Gasteiger partial charge is 0.211 e. The Morgan fingerprint density at radius 1 is 1.24 bits per heavy atom. The summed E-state index contributed by atoms with van der Waals surface area (Å²) in [7, 11) is 0. The molecule has 1 aromatic rings. The second-order valence-corrected chi connectivity index (χ2v) is 5.04. The first-order valence-corrected chi connectivity index (χ1v) is 6.12. The molecule has 2 nitrogen and oxygen atoms in total. The molecule has 0 heterocycles. The number of halogens is 3. The van der Waals surface area contributed by atoms with Crippen LogP contribution in [0.1, 0.15) is 31.2 Å². The van der Waals surface area contributed by atoms with Crippen molar-refractivity contribution in [3.8, 4) is 0 Å². The van der Waals surface area contributed by atoms with E-state index in [1.807, 2.05) is 0 Å². The SMILES string of the molecule is O=C=NC1(c2cc(Br)c(F)cc2F)CCCC1. The Morgan fingerprint density at radius 3 is 2.47 bits per heavy atom. The van der Waals surface area contributed by atoms with E-state index in [1.165, 1.54) is 12.1 Å². The molecule has 0 N–H and O–H groups in total.